The van der Waals surface area contributed by atoms with E-state index in [0.717, 1.165) is 14.8 Å². The number of rotatable bonds is 1. The molecule has 2 amide bonds. The van der Waals surface area contributed by atoms with Crippen molar-refractivity contribution in [1.29, 1.82) is 0 Å². The van der Waals surface area contributed by atoms with E-state index in [4.69, 9.17) is 0 Å². The summed E-state index contributed by atoms with van der Waals surface area (Å²) in [6, 6.07) is 14.1. The van der Waals surface area contributed by atoms with Crippen LogP contribution in [0.15, 0.2) is 59.1 Å². The number of amides is 2. The minimum Gasteiger partial charge on any atom is -0.268 e. The van der Waals surface area contributed by atoms with Gasteiger partial charge in [-0.3, -0.25) is 9.59 Å². The van der Waals surface area contributed by atoms with Gasteiger partial charge in [-0.25, -0.2) is 9.29 Å². The molecule has 0 bridgehead atoms. The molecule has 3 aromatic carbocycles. The van der Waals surface area contributed by atoms with Crippen molar-refractivity contribution in [2.24, 2.45) is 0 Å². The van der Waals surface area contributed by atoms with Crippen molar-refractivity contribution in [3.8, 4) is 0 Å². The van der Waals surface area contributed by atoms with Crippen molar-refractivity contribution >= 4 is 44.2 Å². The monoisotopic (exact) mass is 369 g/mol. The first-order valence-corrected chi connectivity index (χ1v) is 7.73. The quantitative estimate of drug-likeness (QED) is 0.590. The Hall–Kier alpha value is -2.53. The van der Waals surface area contributed by atoms with Crippen LogP contribution in [-0.4, -0.2) is 11.8 Å². The molecule has 0 unspecified atom stereocenters. The Morgan fingerprint density at radius 2 is 1.48 bits per heavy atom. The van der Waals surface area contributed by atoms with Crippen LogP contribution in [0.25, 0.3) is 10.8 Å². The van der Waals surface area contributed by atoms with E-state index in [1.165, 1.54) is 24.3 Å². The van der Waals surface area contributed by atoms with Gasteiger partial charge in [-0.15, -0.1) is 0 Å². The first kappa shape index (κ1) is 14.1. The molecule has 1 aliphatic heterocycles. The molecule has 23 heavy (non-hydrogen) atoms. The van der Waals surface area contributed by atoms with Gasteiger partial charge in [0.1, 0.15) is 5.82 Å². The molecule has 0 N–H and O–H groups in total. The molecule has 0 aromatic heterocycles. The summed E-state index contributed by atoms with van der Waals surface area (Å²) in [6.45, 7) is 0. The number of halogens is 2. The SMILES string of the molecule is O=C1c2cccc3c(Br)ccc(c23)C(=O)N1c1ccc(F)cc1. The van der Waals surface area contributed by atoms with Crippen LogP contribution in [0.1, 0.15) is 20.7 Å². The molecule has 0 saturated heterocycles. The van der Waals surface area contributed by atoms with Crippen LogP contribution >= 0.6 is 15.9 Å². The van der Waals surface area contributed by atoms with E-state index in [2.05, 4.69) is 15.9 Å². The highest BCUT2D eigenvalue weighted by Gasteiger charge is 2.34. The number of hydrogen-bond acceptors (Lipinski definition) is 2. The van der Waals surface area contributed by atoms with Gasteiger partial charge in [0.15, 0.2) is 0 Å². The molecule has 0 aliphatic carbocycles. The zero-order valence-electron chi connectivity index (χ0n) is 11.7. The number of anilines is 1. The van der Waals surface area contributed by atoms with Crippen LogP contribution in [0.4, 0.5) is 10.1 Å². The fourth-order valence-electron chi connectivity index (χ4n) is 2.89. The van der Waals surface area contributed by atoms with Gasteiger partial charge in [-0.1, -0.05) is 28.1 Å². The van der Waals surface area contributed by atoms with E-state index in [0.29, 0.717) is 22.2 Å². The third-order valence-electron chi connectivity index (χ3n) is 3.94. The van der Waals surface area contributed by atoms with Crippen molar-refractivity contribution in [2.75, 3.05) is 4.90 Å². The molecular weight excluding hydrogens is 361 g/mol. The Labute approximate surface area is 139 Å². The van der Waals surface area contributed by atoms with Crippen LogP contribution in [0.5, 0.6) is 0 Å². The minimum atomic E-state index is -0.419. The summed E-state index contributed by atoms with van der Waals surface area (Å²) in [7, 11) is 0. The number of nitrogens with zero attached hydrogens (tertiary/aromatic N) is 1. The van der Waals surface area contributed by atoms with Gasteiger partial charge in [0.05, 0.1) is 5.69 Å². The Morgan fingerprint density at radius 1 is 0.826 bits per heavy atom. The van der Waals surface area contributed by atoms with Crippen molar-refractivity contribution in [3.05, 3.63) is 76.0 Å². The summed E-state index contributed by atoms with van der Waals surface area (Å²) in [5, 5.41) is 1.47. The number of carbonyl (C=O) groups is 2. The Morgan fingerprint density at radius 3 is 2.17 bits per heavy atom. The molecule has 0 radical (unpaired) electrons. The lowest BCUT2D eigenvalue weighted by atomic mass is 9.94. The van der Waals surface area contributed by atoms with Crippen LogP contribution in [-0.2, 0) is 0 Å². The first-order chi connectivity index (χ1) is 11.1. The lowest BCUT2D eigenvalue weighted by molar-refractivity contribution is 0.0893. The van der Waals surface area contributed by atoms with Crippen molar-refractivity contribution in [3.63, 3.8) is 0 Å². The van der Waals surface area contributed by atoms with Crippen molar-refractivity contribution in [1.82, 2.24) is 0 Å². The summed E-state index contributed by atoms with van der Waals surface area (Å²) in [5.74, 6) is -1.23. The maximum Gasteiger partial charge on any atom is 0.265 e. The second-order valence-electron chi connectivity index (χ2n) is 5.25. The van der Waals surface area contributed by atoms with Gasteiger partial charge in [-0.05, 0) is 47.9 Å². The Balaban J connectivity index is 1.99. The highest BCUT2D eigenvalue weighted by atomic mass is 79.9. The summed E-state index contributed by atoms with van der Waals surface area (Å²) < 4.78 is 14.0. The number of imide groups is 1. The van der Waals surface area contributed by atoms with E-state index in [1.807, 2.05) is 6.07 Å². The predicted octanol–water partition coefficient (Wildman–Crippen LogP) is 4.54. The van der Waals surface area contributed by atoms with Gasteiger partial charge < -0.3 is 0 Å². The summed E-state index contributed by atoms with van der Waals surface area (Å²) in [5.41, 5.74) is 1.28. The fourth-order valence-corrected chi connectivity index (χ4v) is 3.35. The molecule has 4 rings (SSSR count). The van der Waals surface area contributed by atoms with Gasteiger partial charge in [-0.2, -0.15) is 0 Å². The Bertz CT molecular complexity index is 960. The van der Waals surface area contributed by atoms with E-state index in [9.17, 15) is 14.0 Å². The van der Waals surface area contributed by atoms with Gasteiger partial charge in [0.25, 0.3) is 11.8 Å². The van der Waals surface area contributed by atoms with Crippen LogP contribution < -0.4 is 4.90 Å². The molecule has 3 aromatic rings. The predicted molar refractivity (Wildman–Crippen MR) is 89.2 cm³/mol. The molecule has 1 heterocycles. The molecule has 0 spiro atoms. The third-order valence-corrected chi connectivity index (χ3v) is 4.63. The summed E-state index contributed by atoms with van der Waals surface area (Å²) >= 11 is 3.45. The van der Waals surface area contributed by atoms with Gasteiger partial charge >= 0.3 is 0 Å². The highest BCUT2D eigenvalue weighted by Crippen LogP contribution is 2.35. The normalized spacial score (nSPS) is 13.7. The largest absolute Gasteiger partial charge is 0.268 e. The molecule has 0 saturated carbocycles. The zero-order chi connectivity index (χ0) is 16.1. The smallest absolute Gasteiger partial charge is 0.265 e. The average Bonchev–Trinajstić information content (AvgIpc) is 2.56. The lowest BCUT2D eigenvalue weighted by Gasteiger charge is -2.27. The molecule has 0 fully saturated rings. The van der Waals surface area contributed by atoms with Crippen LogP contribution in [0.2, 0.25) is 0 Å². The first-order valence-electron chi connectivity index (χ1n) is 6.93. The summed E-state index contributed by atoms with van der Waals surface area (Å²) in [6.07, 6.45) is 0. The van der Waals surface area contributed by atoms with E-state index in [-0.39, 0.29) is 0 Å². The van der Waals surface area contributed by atoms with Gasteiger partial charge in [0.2, 0.25) is 0 Å². The summed E-state index contributed by atoms with van der Waals surface area (Å²) in [4.78, 5) is 26.7. The molecular formula is C18H9BrFNO2. The van der Waals surface area contributed by atoms with E-state index in [1.54, 1.807) is 24.3 Å². The molecule has 5 heteroatoms. The molecule has 1 aliphatic rings. The van der Waals surface area contributed by atoms with Crippen molar-refractivity contribution in [2.45, 2.75) is 0 Å². The second-order valence-corrected chi connectivity index (χ2v) is 6.10. The third kappa shape index (κ3) is 2.00. The molecule has 3 nitrogen and oxygen atoms in total. The van der Waals surface area contributed by atoms with E-state index < -0.39 is 17.6 Å². The maximum atomic E-state index is 13.1. The highest BCUT2D eigenvalue weighted by molar-refractivity contribution is 9.10. The topological polar surface area (TPSA) is 37.4 Å². The molecule has 112 valence electrons. The lowest BCUT2D eigenvalue weighted by Crippen LogP contribution is -2.40. The minimum absolute atomic E-state index is 0.354. The Kier molecular flexibility index (Phi) is 3.06. The average molecular weight is 370 g/mol. The van der Waals surface area contributed by atoms with Gasteiger partial charge in [0, 0.05) is 21.0 Å². The standard InChI is InChI=1S/C18H9BrFNO2/c19-15-9-8-14-16-12(15)2-1-3-13(16)17(22)21(18(14)23)11-6-4-10(20)5-7-11/h1-9H. The van der Waals surface area contributed by atoms with E-state index >= 15 is 0 Å². The fraction of sp³-hybridized carbons (Fsp3) is 0. The number of hydrogen-bond donors (Lipinski definition) is 0. The van der Waals surface area contributed by atoms with Crippen LogP contribution in [0, 0.1) is 5.82 Å². The second kappa shape index (κ2) is 4.99. The zero-order valence-corrected chi connectivity index (χ0v) is 13.3. The maximum absolute atomic E-state index is 13.1. The number of carbonyl (C=O) groups excluding carboxylic acids is 2. The molecule has 0 atom stereocenters. The van der Waals surface area contributed by atoms with Crippen molar-refractivity contribution < 1.29 is 14.0 Å². The number of benzene rings is 3. The van der Waals surface area contributed by atoms with Crippen LogP contribution in [0.3, 0.4) is 0 Å².